The molecule has 1 unspecified atom stereocenters. The number of aromatic nitrogens is 2. The summed E-state index contributed by atoms with van der Waals surface area (Å²) in [6.07, 6.45) is 2.92. The van der Waals surface area contributed by atoms with E-state index in [4.69, 9.17) is 16.8 Å². The van der Waals surface area contributed by atoms with Gasteiger partial charge in [-0.05, 0) is 6.92 Å². The average molecular weight is 190 g/mol. The van der Waals surface area contributed by atoms with Crippen molar-refractivity contribution in [2.75, 3.05) is 0 Å². The van der Waals surface area contributed by atoms with Crippen LogP contribution in [-0.2, 0) is 4.79 Å². The highest BCUT2D eigenvalue weighted by Gasteiger charge is 2.14. The Kier molecular flexibility index (Phi) is 2.67. The van der Waals surface area contributed by atoms with Crippen molar-refractivity contribution in [3.05, 3.63) is 17.4 Å². The highest BCUT2D eigenvalue weighted by Crippen LogP contribution is 2.10. The highest BCUT2D eigenvalue weighted by molar-refractivity contribution is 6.30. The first kappa shape index (κ1) is 9.02. The van der Waals surface area contributed by atoms with Crippen molar-refractivity contribution >= 4 is 17.5 Å². The molecule has 5 nitrogen and oxygen atoms in total. The zero-order valence-electron chi connectivity index (χ0n) is 6.36. The van der Waals surface area contributed by atoms with Crippen LogP contribution in [0.2, 0.25) is 5.02 Å². The molecule has 0 aliphatic carbocycles. The van der Waals surface area contributed by atoms with Gasteiger partial charge in [-0.25, -0.2) is 5.48 Å². The molecular formula is C6H8ClN3O2. The minimum atomic E-state index is -0.567. The molecule has 1 rings (SSSR count). The Morgan fingerprint density at radius 2 is 2.58 bits per heavy atom. The molecule has 0 spiro atoms. The largest absolute Gasteiger partial charge is 0.289 e. The molecular weight excluding hydrogens is 182 g/mol. The third-order valence-corrected chi connectivity index (χ3v) is 1.65. The number of halogens is 1. The summed E-state index contributed by atoms with van der Waals surface area (Å²) in [5.41, 5.74) is 1.53. The van der Waals surface area contributed by atoms with E-state index < -0.39 is 11.9 Å². The Labute approximate surface area is 73.9 Å². The molecule has 0 aliphatic rings. The molecule has 0 aliphatic heterocycles. The van der Waals surface area contributed by atoms with Crippen LogP contribution in [0, 0.1) is 0 Å². The van der Waals surface area contributed by atoms with Gasteiger partial charge in [0.25, 0.3) is 5.91 Å². The molecule has 0 aromatic carbocycles. The van der Waals surface area contributed by atoms with Crippen LogP contribution >= 0.6 is 11.6 Å². The van der Waals surface area contributed by atoms with Gasteiger partial charge in [0, 0.05) is 6.20 Å². The van der Waals surface area contributed by atoms with E-state index >= 15 is 0 Å². The fraction of sp³-hybridized carbons (Fsp3) is 0.333. The van der Waals surface area contributed by atoms with Crippen molar-refractivity contribution in [1.82, 2.24) is 15.3 Å². The highest BCUT2D eigenvalue weighted by atomic mass is 35.5. The van der Waals surface area contributed by atoms with E-state index in [0.717, 1.165) is 0 Å². The number of carbonyl (C=O) groups is 1. The summed E-state index contributed by atoms with van der Waals surface area (Å²) in [5.74, 6) is -0.533. The molecule has 0 saturated heterocycles. The number of rotatable bonds is 2. The summed E-state index contributed by atoms with van der Waals surface area (Å²) >= 11 is 5.57. The molecule has 2 N–H and O–H groups in total. The summed E-state index contributed by atoms with van der Waals surface area (Å²) in [4.78, 5) is 10.9. The van der Waals surface area contributed by atoms with Crippen molar-refractivity contribution in [3.8, 4) is 0 Å². The number of hydrogen-bond acceptors (Lipinski definition) is 3. The molecule has 0 radical (unpaired) electrons. The van der Waals surface area contributed by atoms with Crippen LogP contribution in [0.1, 0.15) is 13.0 Å². The molecule has 1 amide bonds. The predicted octanol–water partition coefficient (Wildman–Crippen LogP) is 0.603. The van der Waals surface area contributed by atoms with Gasteiger partial charge >= 0.3 is 0 Å². The number of hydrogen-bond donors (Lipinski definition) is 2. The molecule has 1 atom stereocenters. The number of hydroxylamine groups is 1. The minimum absolute atomic E-state index is 0.451. The lowest BCUT2D eigenvalue weighted by atomic mass is 10.3. The zero-order valence-corrected chi connectivity index (χ0v) is 7.12. The SMILES string of the molecule is CC(C(=O)NO)n1cc(Cl)cn1. The van der Waals surface area contributed by atoms with E-state index in [2.05, 4.69) is 5.10 Å². The third kappa shape index (κ3) is 1.75. The van der Waals surface area contributed by atoms with Gasteiger partial charge in [-0.15, -0.1) is 0 Å². The lowest BCUT2D eigenvalue weighted by Gasteiger charge is -2.08. The predicted molar refractivity (Wildman–Crippen MR) is 41.9 cm³/mol. The third-order valence-electron chi connectivity index (χ3n) is 1.46. The fourth-order valence-electron chi connectivity index (χ4n) is 0.740. The lowest BCUT2D eigenvalue weighted by Crippen LogP contribution is -2.28. The van der Waals surface area contributed by atoms with Gasteiger partial charge in [0.2, 0.25) is 0 Å². The van der Waals surface area contributed by atoms with Crippen LogP contribution in [0.25, 0.3) is 0 Å². The maximum Gasteiger partial charge on any atom is 0.267 e. The molecule has 66 valence electrons. The first-order valence-electron chi connectivity index (χ1n) is 3.28. The van der Waals surface area contributed by atoms with Gasteiger partial charge < -0.3 is 0 Å². The molecule has 1 aromatic heterocycles. The van der Waals surface area contributed by atoms with Gasteiger partial charge in [-0.2, -0.15) is 5.10 Å². The number of nitrogens with zero attached hydrogens (tertiary/aromatic N) is 2. The van der Waals surface area contributed by atoms with E-state index in [-0.39, 0.29) is 0 Å². The van der Waals surface area contributed by atoms with E-state index in [0.29, 0.717) is 5.02 Å². The first-order chi connectivity index (χ1) is 5.65. The van der Waals surface area contributed by atoms with Crippen molar-refractivity contribution in [2.24, 2.45) is 0 Å². The van der Waals surface area contributed by atoms with Crippen LogP contribution in [0.4, 0.5) is 0 Å². The molecule has 0 fully saturated rings. The Bertz CT molecular complexity index is 286. The quantitative estimate of drug-likeness (QED) is 0.529. The zero-order chi connectivity index (χ0) is 9.14. The smallest absolute Gasteiger partial charge is 0.267 e. The Morgan fingerprint density at radius 1 is 1.92 bits per heavy atom. The maximum absolute atomic E-state index is 10.9. The van der Waals surface area contributed by atoms with E-state index in [1.165, 1.54) is 22.6 Å². The van der Waals surface area contributed by atoms with Gasteiger partial charge in [0.1, 0.15) is 6.04 Å². The fourth-order valence-corrected chi connectivity index (χ4v) is 0.884. The topological polar surface area (TPSA) is 67.2 Å². The minimum Gasteiger partial charge on any atom is -0.289 e. The standard InChI is InChI=1S/C6H8ClN3O2/c1-4(6(11)9-12)10-3-5(7)2-8-10/h2-4,12H,1H3,(H,9,11). The van der Waals surface area contributed by atoms with Crippen LogP contribution in [0.3, 0.4) is 0 Å². The Balaban J connectivity index is 2.77. The van der Waals surface area contributed by atoms with Gasteiger partial charge in [-0.1, -0.05) is 11.6 Å². The van der Waals surface area contributed by atoms with E-state index in [1.54, 1.807) is 6.92 Å². The van der Waals surface area contributed by atoms with E-state index in [1.807, 2.05) is 0 Å². The van der Waals surface area contributed by atoms with Crippen molar-refractivity contribution in [1.29, 1.82) is 0 Å². The number of carbonyl (C=O) groups excluding carboxylic acids is 1. The molecule has 0 bridgehead atoms. The first-order valence-corrected chi connectivity index (χ1v) is 3.66. The summed E-state index contributed by atoms with van der Waals surface area (Å²) in [5, 5.41) is 12.5. The van der Waals surface area contributed by atoms with Crippen molar-refractivity contribution < 1.29 is 10.0 Å². The number of nitrogens with one attached hydrogen (secondary N) is 1. The summed E-state index contributed by atoms with van der Waals surface area (Å²) < 4.78 is 1.36. The van der Waals surface area contributed by atoms with Crippen LogP contribution in [0.5, 0.6) is 0 Å². The Hall–Kier alpha value is -1.07. The summed E-state index contributed by atoms with van der Waals surface area (Å²) in [6, 6.07) is -0.567. The monoisotopic (exact) mass is 189 g/mol. The molecule has 12 heavy (non-hydrogen) atoms. The second kappa shape index (κ2) is 3.55. The van der Waals surface area contributed by atoms with Gasteiger partial charge in [-0.3, -0.25) is 14.7 Å². The number of amides is 1. The van der Waals surface area contributed by atoms with Crippen molar-refractivity contribution in [3.63, 3.8) is 0 Å². The van der Waals surface area contributed by atoms with Gasteiger partial charge in [0.15, 0.2) is 0 Å². The van der Waals surface area contributed by atoms with Crippen LogP contribution in [0.15, 0.2) is 12.4 Å². The van der Waals surface area contributed by atoms with Crippen molar-refractivity contribution in [2.45, 2.75) is 13.0 Å². The molecule has 6 heteroatoms. The summed E-state index contributed by atoms with van der Waals surface area (Å²) in [6.45, 7) is 1.59. The molecule has 0 saturated carbocycles. The molecule has 1 heterocycles. The second-order valence-corrected chi connectivity index (χ2v) is 2.73. The van der Waals surface area contributed by atoms with Crippen LogP contribution in [-0.4, -0.2) is 20.9 Å². The average Bonchev–Trinajstić information content (AvgIpc) is 2.49. The maximum atomic E-state index is 10.9. The second-order valence-electron chi connectivity index (χ2n) is 2.29. The van der Waals surface area contributed by atoms with Gasteiger partial charge in [0.05, 0.1) is 11.2 Å². The normalized spacial score (nSPS) is 12.6. The van der Waals surface area contributed by atoms with Crippen LogP contribution < -0.4 is 5.48 Å². The lowest BCUT2D eigenvalue weighted by molar-refractivity contribution is -0.132. The Morgan fingerprint density at radius 3 is 3.00 bits per heavy atom. The van der Waals surface area contributed by atoms with E-state index in [9.17, 15) is 4.79 Å². The summed E-state index contributed by atoms with van der Waals surface area (Å²) in [7, 11) is 0. The molecule has 1 aromatic rings.